The summed E-state index contributed by atoms with van der Waals surface area (Å²) in [5, 5.41) is 6.66. The predicted molar refractivity (Wildman–Crippen MR) is 63.8 cm³/mol. The van der Waals surface area contributed by atoms with E-state index in [1.54, 1.807) is 13.3 Å². The van der Waals surface area contributed by atoms with Gasteiger partial charge in [0.2, 0.25) is 0 Å². The molecule has 0 bridgehead atoms. The van der Waals surface area contributed by atoms with Gasteiger partial charge in [-0.1, -0.05) is 6.08 Å². The van der Waals surface area contributed by atoms with Crippen molar-refractivity contribution >= 4 is 5.91 Å². The summed E-state index contributed by atoms with van der Waals surface area (Å²) in [6, 6.07) is 0. The second-order valence-corrected chi connectivity index (χ2v) is 4.21. The molecule has 0 aliphatic carbocycles. The molecule has 92 valence electrons. The van der Waals surface area contributed by atoms with Gasteiger partial charge >= 0.3 is 0 Å². The van der Waals surface area contributed by atoms with Crippen LogP contribution in [0.5, 0.6) is 0 Å². The van der Waals surface area contributed by atoms with Crippen LogP contribution < -0.4 is 0 Å². The Balaban J connectivity index is 2.02. The van der Waals surface area contributed by atoms with E-state index in [1.165, 1.54) is 5.57 Å². The molecule has 2 heterocycles. The highest BCUT2D eigenvalue weighted by atomic mass is 16.5. The second kappa shape index (κ2) is 5.14. The fourth-order valence-electron chi connectivity index (χ4n) is 1.95. The van der Waals surface area contributed by atoms with Crippen molar-refractivity contribution in [3.63, 3.8) is 0 Å². The van der Waals surface area contributed by atoms with Crippen LogP contribution >= 0.6 is 0 Å². The summed E-state index contributed by atoms with van der Waals surface area (Å²) in [6.45, 7) is 3.92. The zero-order valence-corrected chi connectivity index (χ0v) is 10.2. The highest BCUT2D eigenvalue weighted by molar-refractivity contribution is 5.95. The number of hydrogen-bond acceptors (Lipinski definition) is 3. The van der Waals surface area contributed by atoms with Gasteiger partial charge in [0, 0.05) is 25.9 Å². The third-order valence-electron chi connectivity index (χ3n) is 2.98. The van der Waals surface area contributed by atoms with Gasteiger partial charge < -0.3 is 9.64 Å². The van der Waals surface area contributed by atoms with E-state index in [9.17, 15) is 4.79 Å². The lowest BCUT2D eigenvalue weighted by Crippen LogP contribution is -2.35. The molecule has 0 spiro atoms. The van der Waals surface area contributed by atoms with Gasteiger partial charge in [-0.2, -0.15) is 5.10 Å². The van der Waals surface area contributed by atoms with Gasteiger partial charge in [0.25, 0.3) is 5.91 Å². The zero-order valence-electron chi connectivity index (χ0n) is 10.2. The van der Waals surface area contributed by atoms with Gasteiger partial charge in [0.15, 0.2) is 0 Å². The van der Waals surface area contributed by atoms with Crippen LogP contribution in [0.4, 0.5) is 0 Å². The van der Waals surface area contributed by atoms with Gasteiger partial charge in [0.1, 0.15) is 0 Å². The number of amides is 1. The van der Waals surface area contributed by atoms with Crippen LogP contribution in [0, 0.1) is 6.92 Å². The zero-order chi connectivity index (χ0) is 12.3. The number of rotatable bonds is 3. The Labute approximate surface area is 100 Å². The number of aryl methyl sites for hydroxylation is 1. The van der Waals surface area contributed by atoms with Crippen molar-refractivity contribution < 1.29 is 9.53 Å². The van der Waals surface area contributed by atoms with Crippen LogP contribution in [0.2, 0.25) is 0 Å². The number of carbonyl (C=O) groups is 1. The number of nitrogens with one attached hydrogen (secondary N) is 1. The SMILES string of the molecule is COCC1=CCN(C(=O)c2cn[nH]c2C)CC1. The van der Waals surface area contributed by atoms with Crippen LogP contribution in [-0.2, 0) is 4.74 Å². The first-order chi connectivity index (χ1) is 8.22. The highest BCUT2D eigenvalue weighted by Gasteiger charge is 2.20. The normalized spacial score (nSPS) is 15.9. The van der Waals surface area contributed by atoms with Gasteiger partial charge in [-0.25, -0.2) is 0 Å². The number of ether oxygens (including phenoxy) is 1. The summed E-state index contributed by atoms with van der Waals surface area (Å²) < 4.78 is 5.08. The fourth-order valence-corrected chi connectivity index (χ4v) is 1.95. The van der Waals surface area contributed by atoms with E-state index in [4.69, 9.17) is 4.74 Å². The van der Waals surface area contributed by atoms with Crippen molar-refractivity contribution in [2.24, 2.45) is 0 Å². The van der Waals surface area contributed by atoms with Crippen LogP contribution in [0.25, 0.3) is 0 Å². The monoisotopic (exact) mass is 235 g/mol. The molecule has 1 aliphatic rings. The van der Waals surface area contributed by atoms with Gasteiger partial charge in [-0.3, -0.25) is 9.89 Å². The standard InChI is InChI=1S/C12H17N3O2/c1-9-11(7-13-14-9)12(16)15-5-3-10(4-6-15)8-17-2/h3,7H,4-6,8H2,1-2H3,(H,13,14). The van der Waals surface area contributed by atoms with Crippen LogP contribution in [-0.4, -0.2) is 47.8 Å². The summed E-state index contributed by atoms with van der Waals surface area (Å²) in [4.78, 5) is 14.0. The van der Waals surface area contributed by atoms with Gasteiger partial charge in [0.05, 0.1) is 18.4 Å². The maximum Gasteiger partial charge on any atom is 0.257 e. The maximum atomic E-state index is 12.2. The molecular weight excluding hydrogens is 218 g/mol. The number of carbonyl (C=O) groups excluding carboxylic acids is 1. The number of hydrogen-bond donors (Lipinski definition) is 1. The molecular formula is C12H17N3O2. The van der Waals surface area contributed by atoms with Gasteiger partial charge in [-0.05, 0) is 18.9 Å². The van der Waals surface area contributed by atoms with Crippen LogP contribution in [0.15, 0.2) is 17.8 Å². The van der Waals surface area contributed by atoms with E-state index in [2.05, 4.69) is 16.3 Å². The first-order valence-electron chi connectivity index (χ1n) is 5.68. The molecule has 0 saturated carbocycles. The first-order valence-corrected chi connectivity index (χ1v) is 5.68. The molecule has 5 nitrogen and oxygen atoms in total. The Morgan fingerprint density at radius 1 is 1.65 bits per heavy atom. The van der Waals surface area contributed by atoms with Crippen molar-refractivity contribution in [1.29, 1.82) is 0 Å². The lowest BCUT2D eigenvalue weighted by atomic mass is 10.1. The largest absolute Gasteiger partial charge is 0.380 e. The Hall–Kier alpha value is -1.62. The quantitative estimate of drug-likeness (QED) is 0.799. The molecule has 1 amide bonds. The molecule has 5 heteroatoms. The summed E-state index contributed by atoms with van der Waals surface area (Å²) in [6.07, 6.45) is 4.54. The van der Waals surface area contributed by atoms with E-state index in [0.717, 1.165) is 18.7 Å². The Bertz CT molecular complexity index is 437. The van der Waals surface area contributed by atoms with E-state index in [0.29, 0.717) is 18.7 Å². The molecule has 1 aromatic rings. The van der Waals surface area contributed by atoms with Crippen molar-refractivity contribution in [1.82, 2.24) is 15.1 Å². The van der Waals surface area contributed by atoms with Crippen molar-refractivity contribution in [3.05, 3.63) is 29.1 Å². The average Bonchev–Trinajstić information content (AvgIpc) is 2.76. The Morgan fingerprint density at radius 3 is 3.00 bits per heavy atom. The topological polar surface area (TPSA) is 58.2 Å². The number of methoxy groups -OCH3 is 1. The number of nitrogens with zero attached hydrogens (tertiary/aromatic N) is 2. The maximum absolute atomic E-state index is 12.2. The minimum absolute atomic E-state index is 0.0453. The minimum atomic E-state index is 0.0453. The Morgan fingerprint density at radius 2 is 2.47 bits per heavy atom. The van der Waals surface area contributed by atoms with Crippen molar-refractivity contribution in [2.75, 3.05) is 26.8 Å². The van der Waals surface area contributed by atoms with E-state index >= 15 is 0 Å². The lowest BCUT2D eigenvalue weighted by molar-refractivity contribution is 0.0764. The van der Waals surface area contributed by atoms with E-state index < -0.39 is 0 Å². The average molecular weight is 235 g/mol. The summed E-state index contributed by atoms with van der Waals surface area (Å²) in [5.41, 5.74) is 2.75. The van der Waals surface area contributed by atoms with E-state index in [1.807, 2.05) is 11.8 Å². The molecule has 0 unspecified atom stereocenters. The molecule has 0 saturated heterocycles. The Kier molecular flexibility index (Phi) is 3.58. The first kappa shape index (κ1) is 11.9. The van der Waals surface area contributed by atoms with Crippen LogP contribution in [0.1, 0.15) is 22.5 Å². The van der Waals surface area contributed by atoms with Crippen LogP contribution in [0.3, 0.4) is 0 Å². The predicted octanol–water partition coefficient (Wildman–Crippen LogP) is 1.14. The summed E-state index contributed by atoms with van der Waals surface area (Å²) >= 11 is 0. The lowest BCUT2D eigenvalue weighted by Gasteiger charge is -2.26. The molecule has 1 aliphatic heterocycles. The third-order valence-corrected chi connectivity index (χ3v) is 2.98. The molecule has 0 radical (unpaired) electrons. The number of H-pyrrole nitrogens is 1. The molecule has 1 N–H and O–H groups in total. The molecule has 1 aromatic heterocycles. The second-order valence-electron chi connectivity index (χ2n) is 4.21. The van der Waals surface area contributed by atoms with Crippen molar-refractivity contribution in [2.45, 2.75) is 13.3 Å². The van der Waals surface area contributed by atoms with E-state index in [-0.39, 0.29) is 5.91 Å². The molecule has 0 aromatic carbocycles. The summed E-state index contributed by atoms with van der Waals surface area (Å²) in [5.74, 6) is 0.0453. The number of aromatic amines is 1. The third kappa shape index (κ3) is 2.55. The summed E-state index contributed by atoms with van der Waals surface area (Å²) in [7, 11) is 1.69. The highest BCUT2D eigenvalue weighted by Crippen LogP contribution is 2.15. The minimum Gasteiger partial charge on any atom is -0.380 e. The smallest absolute Gasteiger partial charge is 0.257 e. The molecule has 17 heavy (non-hydrogen) atoms. The molecule has 0 atom stereocenters. The molecule has 0 fully saturated rings. The van der Waals surface area contributed by atoms with Crippen molar-refractivity contribution in [3.8, 4) is 0 Å². The number of aromatic nitrogens is 2. The molecule has 2 rings (SSSR count). The fraction of sp³-hybridized carbons (Fsp3) is 0.500. The van der Waals surface area contributed by atoms with Gasteiger partial charge in [-0.15, -0.1) is 0 Å².